The third-order valence-electron chi connectivity index (χ3n) is 1.51. The van der Waals surface area contributed by atoms with E-state index in [-0.39, 0.29) is 5.75 Å². The van der Waals surface area contributed by atoms with E-state index in [2.05, 4.69) is 9.97 Å². The maximum absolute atomic E-state index is 9.27. The Labute approximate surface area is 63.3 Å². The summed E-state index contributed by atoms with van der Waals surface area (Å²) in [6.07, 6.45) is 4.70. The summed E-state index contributed by atoms with van der Waals surface area (Å²) in [6, 6.07) is 3.58. The van der Waals surface area contributed by atoms with Crippen molar-refractivity contribution in [3.05, 3.63) is 30.7 Å². The smallest absolute Gasteiger partial charge is 0.143 e. The van der Waals surface area contributed by atoms with Crippen LogP contribution >= 0.6 is 0 Å². The third-order valence-corrected chi connectivity index (χ3v) is 1.51. The van der Waals surface area contributed by atoms with E-state index >= 15 is 0 Å². The first-order valence-electron chi connectivity index (χ1n) is 3.25. The zero-order chi connectivity index (χ0) is 7.68. The molecule has 2 heterocycles. The molecular weight excluding hydrogens is 140 g/mol. The summed E-state index contributed by atoms with van der Waals surface area (Å²) in [4.78, 5) is 7.82. The van der Waals surface area contributed by atoms with Gasteiger partial charge < -0.3 is 5.11 Å². The molecule has 54 valence electrons. The lowest BCUT2D eigenvalue weighted by molar-refractivity contribution is 0.479. The van der Waals surface area contributed by atoms with Crippen LogP contribution in [-0.4, -0.2) is 15.1 Å². The molecular formula is C8H6N2O. The molecule has 1 N–H and O–H groups in total. The maximum Gasteiger partial charge on any atom is 0.143 e. The lowest BCUT2D eigenvalue weighted by Gasteiger charge is -1.96. The van der Waals surface area contributed by atoms with Gasteiger partial charge in [-0.3, -0.25) is 9.97 Å². The van der Waals surface area contributed by atoms with Crippen molar-refractivity contribution in [2.45, 2.75) is 0 Å². The average molecular weight is 146 g/mol. The van der Waals surface area contributed by atoms with Gasteiger partial charge in [-0.15, -0.1) is 0 Å². The molecule has 0 aliphatic rings. The van der Waals surface area contributed by atoms with Crippen LogP contribution in [0.25, 0.3) is 10.9 Å². The van der Waals surface area contributed by atoms with Crippen molar-refractivity contribution >= 4 is 10.9 Å². The van der Waals surface area contributed by atoms with Gasteiger partial charge in [0.25, 0.3) is 0 Å². The standard InChI is InChI=1S/C8H6N2O/c11-8-5-9-4-7-6(8)2-1-3-10-7/h1-5,11H. The number of aromatic hydroxyl groups is 1. The summed E-state index contributed by atoms with van der Waals surface area (Å²) in [5, 5.41) is 10.0. The summed E-state index contributed by atoms with van der Waals surface area (Å²) in [5.74, 6) is 0.176. The highest BCUT2D eigenvalue weighted by Crippen LogP contribution is 2.19. The van der Waals surface area contributed by atoms with Crippen LogP contribution in [0.3, 0.4) is 0 Å². The molecule has 0 spiro atoms. The first-order chi connectivity index (χ1) is 5.38. The molecule has 0 aliphatic carbocycles. The number of hydrogen-bond acceptors (Lipinski definition) is 3. The van der Waals surface area contributed by atoms with E-state index in [4.69, 9.17) is 0 Å². The molecule has 2 rings (SSSR count). The predicted molar refractivity (Wildman–Crippen MR) is 41.2 cm³/mol. The minimum absolute atomic E-state index is 0.176. The van der Waals surface area contributed by atoms with Crippen LogP contribution in [0, 0.1) is 0 Å². The Morgan fingerprint density at radius 3 is 3.00 bits per heavy atom. The van der Waals surface area contributed by atoms with E-state index in [1.165, 1.54) is 6.20 Å². The van der Waals surface area contributed by atoms with Gasteiger partial charge in [0, 0.05) is 11.6 Å². The lowest BCUT2D eigenvalue weighted by Crippen LogP contribution is -1.79. The van der Waals surface area contributed by atoms with Crippen LogP contribution in [0.4, 0.5) is 0 Å². The Bertz CT molecular complexity index is 381. The summed E-state index contributed by atoms with van der Waals surface area (Å²) in [6.45, 7) is 0. The minimum atomic E-state index is 0.176. The highest BCUT2D eigenvalue weighted by atomic mass is 16.3. The lowest BCUT2D eigenvalue weighted by atomic mass is 10.2. The molecule has 0 fully saturated rings. The zero-order valence-corrected chi connectivity index (χ0v) is 5.73. The quantitative estimate of drug-likeness (QED) is 0.610. The Kier molecular flexibility index (Phi) is 1.22. The summed E-state index contributed by atoms with van der Waals surface area (Å²) < 4.78 is 0. The molecule has 0 saturated heterocycles. The molecule has 0 saturated carbocycles. The van der Waals surface area contributed by atoms with Gasteiger partial charge in [-0.25, -0.2) is 0 Å². The maximum atomic E-state index is 9.27. The second-order valence-corrected chi connectivity index (χ2v) is 2.23. The van der Waals surface area contributed by atoms with E-state index in [0.29, 0.717) is 5.52 Å². The van der Waals surface area contributed by atoms with Crippen LogP contribution < -0.4 is 0 Å². The highest BCUT2D eigenvalue weighted by molar-refractivity contribution is 5.83. The number of nitrogens with zero attached hydrogens (tertiary/aromatic N) is 2. The molecule has 0 bridgehead atoms. The van der Waals surface area contributed by atoms with Crippen LogP contribution in [0.15, 0.2) is 30.7 Å². The van der Waals surface area contributed by atoms with Crippen molar-refractivity contribution < 1.29 is 5.11 Å². The Morgan fingerprint density at radius 2 is 2.18 bits per heavy atom. The van der Waals surface area contributed by atoms with Gasteiger partial charge in [-0.1, -0.05) is 0 Å². The van der Waals surface area contributed by atoms with Gasteiger partial charge in [0.15, 0.2) is 0 Å². The van der Waals surface area contributed by atoms with Gasteiger partial charge in [0.1, 0.15) is 5.75 Å². The molecule has 0 aromatic carbocycles. The topological polar surface area (TPSA) is 46.0 Å². The van der Waals surface area contributed by atoms with Gasteiger partial charge in [0.05, 0.1) is 17.9 Å². The monoisotopic (exact) mass is 146 g/mol. The molecule has 3 heteroatoms. The van der Waals surface area contributed by atoms with Crippen molar-refractivity contribution in [2.24, 2.45) is 0 Å². The fourth-order valence-corrected chi connectivity index (χ4v) is 0.985. The SMILES string of the molecule is Oc1cncc2ncccc12. The zero-order valence-electron chi connectivity index (χ0n) is 5.73. The third kappa shape index (κ3) is 0.902. The first kappa shape index (κ1) is 6.09. The molecule has 11 heavy (non-hydrogen) atoms. The largest absolute Gasteiger partial charge is 0.506 e. The summed E-state index contributed by atoms with van der Waals surface area (Å²) in [5.41, 5.74) is 0.715. The molecule has 0 unspecified atom stereocenters. The van der Waals surface area contributed by atoms with Gasteiger partial charge in [-0.2, -0.15) is 0 Å². The van der Waals surface area contributed by atoms with Crippen molar-refractivity contribution in [1.82, 2.24) is 9.97 Å². The molecule has 0 amide bonds. The molecule has 2 aromatic heterocycles. The number of pyridine rings is 2. The van der Waals surface area contributed by atoms with Crippen molar-refractivity contribution in [1.29, 1.82) is 0 Å². The van der Waals surface area contributed by atoms with Crippen LogP contribution in [0.2, 0.25) is 0 Å². The van der Waals surface area contributed by atoms with E-state index in [1.807, 2.05) is 0 Å². The van der Waals surface area contributed by atoms with E-state index in [1.54, 1.807) is 24.5 Å². The fourth-order valence-electron chi connectivity index (χ4n) is 0.985. The number of fused-ring (bicyclic) bond motifs is 1. The normalized spacial score (nSPS) is 10.2. The van der Waals surface area contributed by atoms with Crippen LogP contribution in [0.1, 0.15) is 0 Å². The molecule has 0 radical (unpaired) electrons. The van der Waals surface area contributed by atoms with E-state index < -0.39 is 0 Å². The Hall–Kier alpha value is -1.64. The van der Waals surface area contributed by atoms with Gasteiger partial charge in [0.2, 0.25) is 0 Å². The Morgan fingerprint density at radius 1 is 1.27 bits per heavy atom. The van der Waals surface area contributed by atoms with Crippen molar-refractivity contribution in [3.63, 3.8) is 0 Å². The molecule has 0 aliphatic heterocycles. The summed E-state index contributed by atoms with van der Waals surface area (Å²) in [7, 11) is 0. The second kappa shape index (κ2) is 2.20. The average Bonchev–Trinajstić information content (AvgIpc) is 2.06. The van der Waals surface area contributed by atoms with E-state index in [9.17, 15) is 5.11 Å². The Balaban J connectivity index is 2.91. The molecule has 0 atom stereocenters. The molecule has 3 nitrogen and oxygen atoms in total. The van der Waals surface area contributed by atoms with Crippen LogP contribution in [-0.2, 0) is 0 Å². The van der Waals surface area contributed by atoms with Crippen molar-refractivity contribution in [2.75, 3.05) is 0 Å². The fraction of sp³-hybridized carbons (Fsp3) is 0. The van der Waals surface area contributed by atoms with Crippen molar-refractivity contribution in [3.8, 4) is 5.75 Å². The van der Waals surface area contributed by atoms with Gasteiger partial charge >= 0.3 is 0 Å². The molecule has 2 aromatic rings. The number of aromatic nitrogens is 2. The first-order valence-corrected chi connectivity index (χ1v) is 3.25. The van der Waals surface area contributed by atoms with E-state index in [0.717, 1.165) is 5.39 Å². The highest BCUT2D eigenvalue weighted by Gasteiger charge is 1.97. The van der Waals surface area contributed by atoms with Gasteiger partial charge in [-0.05, 0) is 12.1 Å². The number of rotatable bonds is 0. The second-order valence-electron chi connectivity index (χ2n) is 2.23. The number of hydrogen-bond donors (Lipinski definition) is 1. The predicted octanol–water partition coefficient (Wildman–Crippen LogP) is 1.34. The minimum Gasteiger partial charge on any atom is -0.506 e. The van der Waals surface area contributed by atoms with Crippen LogP contribution in [0.5, 0.6) is 5.75 Å². The summed E-state index contributed by atoms with van der Waals surface area (Å²) >= 11 is 0.